The lowest BCUT2D eigenvalue weighted by Gasteiger charge is -2.02. The molecule has 2 N–H and O–H groups in total. The number of carboxylic acids is 1. The lowest BCUT2D eigenvalue weighted by atomic mass is 10.1. The van der Waals surface area contributed by atoms with E-state index in [9.17, 15) is 9.18 Å². The van der Waals surface area contributed by atoms with Gasteiger partial charge in [-0.25, -0.2) is 9.18 Å². The number of aromatic nitrogens is 1. The number of benzene rings is 1. The minimum Gasteiger partial charge on any atom is -0.478 e. The van der Waals surface area contributed by atoms with Crippen LogP contribution in [0.5, 0.6) is 0 Å². The van der Waals surface area contributed by atoms with Crippen LogP contribution < -0.4 is 0 Å². The number of rotatable bonds is 2. The first-order valence-corrected chi connectivity index (χ1v) is 5.52. The SMILES string of the molecule is O=C(O)c1cc(F)ccc1-c1cc(=S)[nH]s1. The van der Waals surface area contributed by atoms with Gasteiger partial charge in [0.05, 0.1) is 10.4 Å². The number of nitrogens with one attached hydrogen (secondary N) is 1. The van der Waals surface area contributed by atoms with Crippen molar-refractivity contribution in [2.45, 2.75) is 0 Å². The number of hydrogen-bond acceptors (Lipinski definition) is 3. The van der Waals surface area contributed by atoms with E-state index >= 15 is 0 Å². The molecule has 0 aliphatic carbocycles. The van der Waals surface area contributed by atoms with E-state index in [4.69, 9.17) is 17.3 Å². The average molecular weight is 255 g/mol. The van der Waals surface area contributed by atoms with Gasteiger partial charge >= 0.3 is 5.97 Å². The predicted molar refractivity (Wildman–Crippen MR) is 61.9 cm³/mol. The Hall–Kier alpha value is -1.53. The molecule has 16 heavy (non-hydrogen) atoms. The fraction of sp³-hybridized carbons (Fsp3) is 0. The van der Waals surface area contributed by atoms with Crippen molar-refractivity contribution in [1.29, 1.82) is 0 Å². The second kappa shape index (κ2) is 4.15. The van der Waals surface area contributed by atoms with Gasteiger partial charge in [-0.2, -0.15) is 0 Å². The third-order valence-corrected chi connectivity index (χ3v) is 3.23. The van der Waals surface area contributed by atoms with E-state index in [0.29, 0.717) is 15.1 Å². The molecule has 3 nitrogen and oxygen atoms in total. The van der Waals surface area contributed by atoms with Gasteiger partial charge in [-0.05, 0) is 24.3 Å². The minimum atomic E-state index is -1.16. The Morgan fingerprint density at radius 2 is 2.19 bits per heavy atom. The van der Waals surface area contributed by atoms with Gasteiger partial charge in [0.1, 0.15) is 10.5 Å². The molecule has 0 unspecified atom stereocenters. The van der Waals surface area contributed by atoms with E-state index in [1.165, 1.54) is 23.7 Å². The normalized spacial score (nSPS) is 10.3. The molecule has 2 aromatic rings. The van der Waals surface area contributed by atoms with Crippen LogP contribution in [0.15, 0.2) is 24.3 Å². The molecule has 0 bridgehead atoms. The van der Waals surface area contributed by atoms with Gasteiger partial charge in [0.2, 0.25) is 0 Å². The summed E-state index contributed by atoms with van der Waals surface area (Å²) in [5.41, 5.74) is 0.400. The molecule has 1 aromatic carbocycles. The van der Waals surface area contributed by atoms with Crippen LogP contribution in [0.25, 0.3) is 10.4 Å². The van der Waals surface area contributed by atoms with Crippen LogP contribution >= 0.6 is 23.8 Å². The predicted octanol–water partition coefficient (Wildman–Crippen LogP) is 3.31. The number of halogens is 1. The zero-order chi connectivity index (χ0) is 11.7. The Balaban J connectivity index is 2.64. The van der Waals surface area contributed by atoms with Crippen LogP contribution in [0, 0.1) is 10.5 Å². The van der Waals surface area contributed by atoms with E-state index in [0.717, 1.165) is 6.07 Å². The monoisotopic (exact) mass is 255 g/mol. The maximum Gasteiger partial charge on any atom is 0.336 e. The van der Waals surface area contributed by atoms with E-state index in [1.807, 2.05) is 0 Å². The Labute approximate surface area is 99.3 Å². The first-order valence-electron chi connectivity index (χ1n) is 4.29. The molecule has 0 aliphatic heterocycles. The summed E-state index contributed by atoms with van der Waals surface area (Å²) in [4.78, 5) is 11.6. The van der Waals surface area contributed by atoms with Crippen LogP contribution in [0.3, 0.4) is 0 Å². The molecule has 0 fully saturated rings. The van der Waals surface area contributed by atoms with Crippen molar-refractivity contribution in [2.75, 3.05) is 0 Å². The second-order valence-corrected chi connectivity index (χ2v) is 4.36. The fourth-order valence-corrected chi connectivity index (χ4v) is 2.38. The molecule has 0 aliphatic rings. The third kappa shape index (κ3) is 2.02. The smallest absolute Gasteiger partial charge is 0.336 e. The molecule has 6 heteroatoms. The molecular weight excluding hydrogens is 249 g/mol. The third-order valence-electron chi connectivity index (χ3n) is 2.00. The van der Waals surface area contributed by atoms with E-state index in [1.54, 1.807) is 6.07 Å². The zero-order valence-electron chi connectivity index (χ0n) is 7.86. The van der Waals surface area contributed by atoms with Crippen molar-refractivity contribution in [2.24, 2.45) is 0 Å². The summed E-state index contributed by atoms with van der Waals surface area (Å²) >= 11 is 6.13. The van der Waals surface area contributed by atoms with Crippen LogP contribution in [-0.4, -0.2) is 15.4 Å². The van der Waals surface area contributed by atoms with Crippen LogP contribution in [0.4, 0.5) is 4.39 Å². The minimum absolute atomic E-state index is 0.0646. The highest BCUT2D eigenvalue weighted by molar-refractivity contribution is 7.71. The van der Waals surface area contributed by atoms with E-state index in [2.05, 4.69) is 4.37 Å². The largest absolute Gasteiger partial charge is 0.478 e. The summed E-state index contributed by atoms with van der Waals surface area (Å²) in [7, 11) is 0. The van der Waals surface area contributed by atoms with Gasteiger partial charge in [0.25, 0.3) is 0 Å². The topological polar surface area (TPSA) is 53.1 Å². The van der Waals surface area contributed by atoms with Crippen LogP contribution in [0.2, 0.25) is 0 Å². The van der Waals surface area contributed by atoms with Gasteiger partial charge in [0, 0.05) is 5.56 Å². The number of hydrogen-bond donors (Lipinski definition) is 2. The molecule has 2 rings (SSSR count). The van der Waals surface area contributed by atoms with Gasteiger partial charge in [-0.15, -0.1) is 0 Å². The molecule has 0 radical (unpaired) electrons. The van der Waals surface area contributed by atoms with Gasteiger partial charge < -0.3 is 9.48 Å². The second-order valence-electron chi connectivity index (χ2n) is 3.07. The summed E-state index contributed by atoms with van der Waals surface area (Å²) in [5, 5.41) is 8.96. The average Bonchev–Trinajstić information content (AvgIpc) is 2.64. The Bertz CT molecular complexity index is 603. The van der Waals surface area contributed by atoms with Crippen LogP contribution in [0.1, 0.15) is 10.4 Å². The first-order chi connectivity index (χ1) is 7.58. The molecular formula is C10H6FNO2S2. The summed E-state index contributed by atoms with van der Waals surface area (Å²) in [6.07, 6.45) is 0. The number of H-pyrrole nitrogens is 1. The molecule has 0 spiro atoms. The Kier molecular flexibility index (Phi) is 2.84. The molecule has 0 saturated carbocycles. The maximum absolute atomic E-state index is 12.9. The Morgan fingerprint density at radius 1 is 1.44 bits per heavy atom. The van der Waals surface area contributed by atoms with Crippen molar-refractivity contribution in [1.82, 2.24) is 4.37 Å². The number of aromatic carboxylic acids is 1. The number of aromatic amines is 1. The zero-order valence-corrected chi connectivity index (χ0v) is 9.49. The van der Waals surface area contributed by atoms with E-state index in [-0.39, 0.29) is 5.56 Å². The van der Waals surface area contributed by atoms with Crippen LogP contribution in [-0.2, 0) is 0 Å². The number of carboxylic acid groups (broad SMARTS) is 1. The van der Waals surface area contributed by atoms with Crippen molar-refractivity contribution in [3.8, 4) is 10.4 Å². The molecule has 0 amide bonds. The highest BCUT2D eigenvalue weighted by Crippen LogP contribution is 2.27. The van der Waals surface area contributed by atoms with Gasteiger partial charge in [-0.1, -0.05) is 23.8 Å². The summed E-state index contributed by atoms with van der Waals surface area (Å²) in [6.45, 7) is 0. The highest BCUT2D eigenvalue weighted by atomic mass is 32.1. The molecule has 82 valence electrons. The first kappa shape index (κ1) is 11.0. The quantitative estimate of drug-likeness (QED) is 0.809. The highest BCUT2D eigenvalue weighted by Gasteiger charge is 2.13. The molecule has 1 heterocycles. The summed E-state index contributed by atoms with van der Waals surface area (Å²) in [6, 6.07) is 5.32. The van der Waals surface area contributed by atoms with Crippen molar-refractivity contribution in [3.63, 3.8) is 0 Å². The van der Waals surface area contributed by atoms with E-state index < -0.39 is 11.8 Å². The van der Waals surface area contributed by atoms with Gasteiger partial charge in [-0.3, -0.25) is 0 Å². The number of carbonyl (C=O) groups is 1. The maximum atomic E-state index is 12.9. The lowest BCUT2D eigenvalue weighted by Crippen LogP contribution is -1.99. The van der Waals surface area contributed by atoms with Crippen molar-refractivity contribution in [3.05, 3.63) is 40.3 Å². The van der Waals surface area contributed by atoms with Crippen molar-refractivity contribution < 1.29 is 14.3 Å². The van der Waals surface area contributed by atoms with Crippen molar-refractivity contribution >= 4 is 29.7 Å². The summed E-state index contributed by atoms with van der Waals surface area (Å²) in [5.74, 6) is -1.73. The Morgan fingerprint density at radius 3 is 2.75 bits per heavy atom. The standard InChI is InChI=1S/C10H6FNO2S2/c11-5-1-2-6(7(3-5)10(13)14)8-4-9(15)12-16-8/h1-4H,(H,12,15)(H,13,14). The molecule has 0 saturated heterocycles. The van der Waals surface area contributed by atoms with Gasteiger partial charge in [0.15, 0.2) is 0 Å². The molecule has 1 aromatic heterocycles. The molecule has 0 atom stereocenters. The summed E-state index contributed by atoms with van der Waals surface area (Å²) < 4.78 is 16.3. The lowest BCUT2D eigenvalue weighted by molar-refractivity contribution is 0.0697. The fourth-order valence-electron chi connectivity index (χ4n) is 1.32.